The maximum atomic E-state index is 12.2. The van der Waals surface area contributed by atoms with Gasteiger partial charge in [0.1, 0.15) is 5.75 Å². The number of likely N-dealkylation sites (tertiary alicyclic amines) is 1. The normalized spacial score (nSPS) is 17.4. The molecule has 1 aliphatic rings. The van der Waals surface area contributed by atoms with E-state index in [9.17, 15) is 9.90 Å². The Balaban J connectivity index is 1.92. The van der Waals surface area contributed by atoms with Gasteiger partial charge in [-0.3, -0.25) is 9.78 Å². The van der Waals surface area contributed by atoms with E-state index in [1.54, 1.807) is 4.90 Å². The number of rotatable bonds is 3. The number of pyridine rings is 1. The first-order chi connectivity index (χ1) is 9.06. The molecule has 0 atom stereocenters. The predicted molar refractivity (Wildman–Crippen MR) is 73.1 cm³/mol. The first kappa shape index (κ1) is 13.8. The van der Waals surface area contributed by atoms with Crippen molar-refractivity contribution in [3.8, 4) is 5.75 Å². The average molecular weight is 263 g/mol. The number of aromatic nitrogens is 1. The van der Waals surface area contributed by atoms with Gasteiger partial charge in [-0.25, -0.2) is 0 Å². The van der Waals surface area contributed by atoms with Crippen LogP contribution in [-0.4, -0.2) is 59.5 Å². The second-order valence-corrected chi connectivity index (χ2v) is 5.36. The number of carbonyl (C=O) groups excluding carboxylic acids is 1. The molecule has 0 bridgehead atoms. The highest BCUT2D eigenvalue weighted by atomic mass is 16.3. The van der Waals surface area contributed by atoms with Crippen molar-refractivity contribution in [3.63, 3.8) is 0 Å². The van der Waals surface area contributed by atoms with Gasteiger partial charge in [0, 0.05) is 19.8 Å². The number of piperidine rings is 1. The molecule has 0 aromatic carbocycles. The van der Waals surface area contributed by atoms with Gasteiger partial charge in [-0.15, -0.1) is 0 Å². The summed E-state index contributed by atoms with van der Waals surface area (Å²) in [4.78, 5) is 20.1. The number of hydrogen-bond acceptors (Lipinski definition) is 4. The van der Waals surface area contributed by atoms with Crippen molar-refractivity contribution in [1.29, 1.82) is 0 Å². The Morgan fingerprint density at radius 2 is 2.16 bits per heavy atom. The van der Waals surface area contributed by atoms with Crippen LogP contribution in [0.25, 0.3) is 0 Å². The van der Waals surface area contributed by atoms with Crippen molar-refractivity contribution in [3.05, 3.63) is 24.0 Å². The number of carbonyl (C=O) groups is 1. The highest BCUT2D eigenvalue weighted by molar-refractivity contribution is 5.94. The molecule has 5 nitrogen and oxygen atoms in total. The summed E-state index contributed by atoms with van der Waals surface area (Å²) in [5.41, 5.74) is 0.440. The van der Waals surface area contributed by atoms with E-state index >= 15 is 0 Å². The van der Waals surface area contributed by atoms with Crippen LogP contribution in [0.4, 0.5) is 0 Å². The molecule has 5 heteroatoms. The zero-order valence-corrected chi connectivity index (χ0v) is 11.5. The highest BCUT2D eigenvalue weighted by Gasteiger charge is 2.21. The van der Waals surface area contributed by atoms with Gasteiger partial charge in [0.15, 0.2) is 0 Å². The van der Waals surface area contributed by atoms with Crippen LogP contribution < -0.4 is 0 Å². The lowest BCUT2D eigenvalue weighted by atomic mass is 9.96. The van der Waals surface area contributed by atoms with E-state index in [4.69, 9.17) is 0 Å². The minimum Gasteiger partial charge on any atom is -0.506 e. The lowest BCUT2D eigenvalue weighted by Gasteiger charge is -2.31. The minimum absolute atomic E-state index is 0.0264. The van der Waals surface area contributed by atoms with Crippen molar-refractivity contribution < 1.29 is 9.90 Å². The molecule has 1 saturated heterocycles. The monoisotopic (exact) mass is 263 g/mol. The van der Waals surface area contributed by atoms with Crippen LogP contribution in [0, 0.1) is 5.92 Å². The molecule has 0 spiro atoms. The third-order valence-corrected chi connectivity index (χ3v) is 3.69. The van der Waals surface area contributed by atoms with Gasteiger partial charge in [-0.2, -0.15) is 0 Å². The van der Waals surface area contributed by atoms with Crippen molar-refractivity contribution in [2.75, 3.05) is 33.7 Å². The quantitative estimate of drug-likeness (QED) is 0.890. The molecule has 2 heterocycles. The lowest BCUT2D eigenvalue weighted by Crippen LogP contribution is -2.38. The molecule has 1 aliphatic heterocycles. The zero-order chi connectivity index (χ0) is 13.8. The molecule has 1 aromatic rings. The van der Waals surface area contributed by atoms with Crippen LogP contribution in [-0.2, 0) is 0 Å². The predicted octanol–water partition coefficient (Wildman–Crippen LogP) is 1.20. The number of hydrogen-bond donors (Lipinski definition) is 1. The summed E-state index contributed by atoms with van der Waals surface area (Å²) in [6, 6.07) is 1.46. The Morgan fingerprint density at radius 1 is 1.47 bits per heavy atom. The van der Waals surface area contributed by atoms with Gasteiger partial charge in [0.05, 0.1) is 11.8 Å². The molecule has 0 unspecified atom stereocenters. The third-order valence-electron chi connectivity index (χ3n) is 3.69. The van der Waals surface area contributed by atoms with Gasteiger partial charge in [-0.1, -0.05) is 0 Å². The molecule has 1 amide bonds. The molecule has 19 heavy (non-hydrogen) atoms. The molecule has 104 valence electrons. The fourth-order valence-electron chi connectivity index (χ4n) is 2.48. The van der Waals surface area contributed by atoms with E-state index in [1.165, 1.54) is 18.5 Å². The number of amides is 1. The van der Waals surface area contributed by atoms with Crippen molar-refractivity contribution in [1.82, 2.24) is 14.8 Å². The van der Waals surface area contributed by atoms with Crippen LogP contribution in [0.1, 0.15) is 23.2 Å². The van der Waals surface area contributed by atoms with E-state index < -0.39 is 0 Å². The van der Waals surface area contributed by atoms with Crippen LogP contribution in [0.3, 0.4) is 0 Å². The molecule has 0 aliphatic carbocycles. The van der Waals surface area contributed by atoms with E-state index in [0.717, 1.165) is 32.5 Å². The van der Waals surface area contributed by atoms with Gasteiger partial charge in [0.25, 0.3) is 5.91 Å². The summed E-state index contributed by atoms with van der Waals surface area (Å²) >= 11 is 0. The van der Waals surface area contributed by atoms with Gasteiger partial charge in [-0.05, 0) is 45.0 Å². The maximum Gasteiger partial charge on any atom is 0.255 e. The van der Waals surface area contributed by atoms with Crippen molar-refractivity contribution in [2.45, 2.75) is 12.8 Å². The Labute approximate surface area is 113 Å². The summed E-state index contributed by atoms with van der Waals surface area (Å²) in [6.45, 7) is 2.96. The Morgan fingerprint density at radius 3 is 2.79 bits per heavy atom. The lowest BCUT2D eigenvalue weighted by molar-refractivity contribution is 0.0746. The second-order valence-electron chi connectivity index (χ2n) is 5.36. The molecule has 1 N–H and O–H groups in total. The molecule has 2 rings (SSSR count). The second kappa shape index (κ2) is 6.02. The first-order valence-electron chi connectivity index (χ1n) is 6.64. The molecule has 1 aromatic heterocycles. The summed E-state index contributed by atoms with van der Waals surface area (Å²) in [5.74, 6) is 0.510. The van der Waals surface area contributed by atoms with Gasteiger partial charge in [0.2, 0.25) is 0 Å². The van der Waals surface area contributed by atoms with Crippen LogP contribution in [0.15, 0.2) is 18.5 Å². The number of nitrogens with zero attached hydrogens (tertiary/aromatic N) is 3. The average Bonchev–Trinajstić information content (AvgIpc) is 2.40. The fraction of sp³-hybridized carbons (Fsp3) is 0.571. The maximum absolute atomic E-state index is 12.2. The van der Waals surface area contributed by atoms with Crippen molar-refractivity contribution in [2.24, 2.45) is 5.92 Å². The molecule has 1 fully saturated rings. The summed E-state index contributed by atoms with van der Waals surface area (Å²) in [7, 11) is 3.94. The van der Waals surface area contributed by atoms with Crippen LogP contribution in [0.5, 0.6) is 5.75 Å². The summed E-state index contributed by atoms with van der Waals surface area (Å²) in [6.07, 6.45) is 5.08. The van der Waals surface area contributed by atoms with Crippen molar-refractivity contribution >= 4 is 5.91 Å². The zero-order valence-electron chi connectivity index (χ0n) is 11.5. The fourth-order valence-corrected chi connectivity index (χ4v) is 2.48. The SMILES string of the molecule is CN1CCC(CN(C)C(=O)c2cncc(O)c2)CC1. The Bertz CT molecular complexity index is 442. The Kier molecular flexibility index (Phi) is 4.37. The highest BCUT2D eigenvalue weighted by Crippen LogP contribution is 2.18. The molecular weight excluding hydrogens is 242 g/mol. The smallest absolute Gasteiger partial charge is 0.255 e. The molecular formula is C14H21N3O2. The minimum atomic E-state index is -0.0812. The topological polar surface area (TPSA) is 56.7 Å². The standard InChI is InChI=1S/C14H21N3O2/c1-16-5-3-11(4-6-16)10-17(2)14(19)12-7-13(18)9-15-8-12/h7-9,11,18H,3-6,10H2,1-2H3. The van der Waals surface area contributed by atoms with Crippen LogP contribution >= 0.6 is 0 Å². The Hall–Kier alpha value is -1.62. The largest absolute Gasteiger partial charge is 0.506 e. The van der Waals surface area contributed by atoms with E-state index in [2.05, 4.69) is 16.9 Å². The van der Waals surface area contributed by atoms with E-state index in [-0.39, 0.29) is 11.7 Å². The van der Waals surface area contributed by atoms with Crippen LogP contribution in [0.2, 0.25) is 0 Å². The number of aromatic hydroxyl groups is 1. The van der Waals surface area contributed by atoms with E-state index in [0.29, 0.717) is 11.5 Å². The molecule has 0 radical (unpaired) electrons. The molecule has 0 saturated carbocycles. The van der Waals surface area contributed by atoms with Gasteiger partial charge >= 0.3 is 0 Å². The van der Waals surface area contributed by atoms with Gasteiger partial charge < -0.3 is 14.9 Å². The van der Waals surface area contributed by atoms with E-state index in [1.807, 2.05) is 7.05 Å². The first-order valence-corrected chi connectivity index (χ1v) is 6.64. The third kappa shape index (κ3) is 3.67. The summed E-state index contributed by atoms with van der Waals surface area (Å²) < 4.78 is 0. The summed E-state index contributed by atoms with van der Waals surface area (Å²) in [5, 5.41) is 9.36.